The van der Waals surface area contributed by atoms with E-state index in [1.165, 1.54) is 5.56 Å². The summed E-state index contributed by atoms with van der Waals surface area (Å²) in [5.41, 5.74) is 2.36. The van der Waals surface area contributed by atoms with Gasteiger partial charge in [0, 0.05) is 0 Å². The zero-order chi connectivity index (χ0) is 13.9. The van der Waals surface area contributed by atoms with Gasteiger partial charge in [0.05, 0.1) is 6.04 Å². The lowest BCUT2D eigenvalue weighted by atomic mass is 10.1. The van der Waals surface area contributed by atoms with Crippen LogP contribution in [0.1, 0.15) is 41.8 Å². The van der Waals surface area contributed by atoms with Gasteiger partial charge in [0.25, 0.3) is 5.89 Å². The normalized spacial score (nSPS) is 18.4. The van der Waals surface area contributed by atoms with Crippen LogP contribution in [0.3, 0.4) is 0 Å². The number of nitrogens with zero attached hydrogens (tertiary/aromatic N) is 2. The van der Waals surface area contributed by atoms with Crippen LogP contribution in [0.2, 0.25) is 0 Å². The summed E-state index contributed by atoms with van der Waals surface area (Å²) in [6.45, 7) is 5.44. The highest BCUT2D eigenvalue weighted by Gasteiger charge is 2.22. The highest BCUT2D eigenvalue weighted by Crippen LogP contribution is 2.23. The van der Waals surface area contributed by atoms with Crippen molar-refractivity contribution in [3.8, 4) is 5.75 Å². The molecule has 1 aliphatic rings. The number of ether oxygens (including phenoxy) is 1. The topological polar surface area (TPSA) is 60.2 Å². The average Bonchev–Trinajstić information content (AvgIpc) is 3.10. The van der Waals surface area contributed by atoms with Crippen molar-refractivity contribution in [1.29, 1.82) is 0 Å². The van der Waals surface area contributed by atoms with Crippen molar-refractivity contribution in [3.63, 3.8) is 0 Å². The second kappa shape index (κ2) is 5.63. The Morgan fingerprint density at radius 1 is 1.35 bits per heavy atom. The Labute approximate surface area is 118 Å². The molecule has 1 saturated heterocycles. The summed E-state index contributed by atoms with van der Waals surface area (Å²) in [7, 11) is 0. The summed E-state index contributed by atoms with van der Waals surface area (Å²) in [4.78, 5) is 0. The number of benzene rings is 1. The van der Waals surface area contributed by atoms with Gasteiger partial charge < -0.3 is 14.5 Å². The number of aromatic nitrogens is 2. The molecule has 1 aromatic carbocycles. The average molecular weight is 273 g/mol. The van der Waals surface area contributed by atoms with Crippen molar-refractivity contribution in [3.05, 3.63) is 41.1 Å². The summed E-state index contributed by atoms with van der Waals surface area (Å²) >= 11 is 0. The van der Waals surface area contributed by atoms with Gasteiger partial charge in [-0.15, -0.1) is 10.2 Å². The molecule has 1 aliphatic heterocycles. The van der Waals surface area contributed by atoms with Gasteiger partial charge in [0.2, 0.25) is 5.89 Å². The summed E-state index contributed by atoms with van der Waals surface area (Å²) < 4.78 is 11.4. The highest BCUT2D eigenvalue weighted by atomic mass is 16.5. The third-order valence-electron chi connectivity index (χ3n) is 3.75. The van der Waals surface area contributed by atoms with Crippen LogP contribution >= 0.6 is 0 Å². The fourth-order valence-corrected chi connectivity index (χ4v) is 2.38. The van der Waals surface area contributed by atoms with Gasteiger partial charge in [-0.25, -0.2) is 0 Å². The Hall–Kier alpha value is -1.88. The number of rotatable bonds is 4. The monoisotopic (exact) mass is 273 g/mol. The Kier molecular flexibility index (Phi) is 3.69. The van der Waals surface area contributed by atoms with Gasteiger partial charge in [-0.2, -0.15) is 0 Å². The van der Waals surface area contributed by atoms with Gasteiger partial charge in [0.15, 0.2) is 6.61 Å². The summed E-state index contributed by atoms with van der Waals surface area (Å²) in [5, 5.41) is 11.5. The zero-order valence-corrected chi connectivity index (χ0v) is 11.8. The second-order valence-corrected chi connectivity index (χ2v) is 5.17. The smallest absolute Gasteiger partial charge is 0.253 e. The van der Waals surface area contributed by atoms with Crippen molar-refractivity contribution >= 4 is 0 Å². The van der Waals surface area contributed by atoms with E-state index in [0.717, 1.165) is 30.7 Å². The SMILES string of the molecule is Cc1cccc(OCc2nnc(C3CCCN3)o2)c1C. The first kappa shape index (κ1) is 13.1. The molecule has 0 spiro atoms. The molecule has 2 heterocycles. The predicted molar refractivity (Wildman–Crippen MR) is 74.5 cm³/mol. The first-order valence-corrected chi connectivity index (χ1v) is 6.98. The van der Waals surface area contributed by atoms with E-state index in [-0.39, 0.29) is 6.04 Å². The van der Waals surface area contributed by atoms with E-state index in [2.05, 4.69) is 28.5 Å². The molecule has 2 aromatic rings. The molecule has 5 heteroatoms. The van der Waals surface area contributed by atoms with E-state index in [1.54, 1.807) is 0 Å². The van der Waals surface area contributed by atoms with Crippen molar-refractivity contribution in [2.45, 2.75) is 39.3 Å². The minimum absolute atomic E-state index is 0.206. The van der Waals surface area contributed by atoms with Gasteiger partial charge in [0.1, 0.15) is 5.75 Å². The number of hydrogen-bond donors (Lipinski definition) is 1. The van der Waals surface area contributed by atoms with Crippen molar-refractivity contribution in [2.24, 2.45) is 0 Å². The first-order valence-electron chi connectivity index (χ1n) is 6.98. The molecule has 1 unspecified atom stereocenters. The van der Waals surface area contributed by atoms with Crippen LogP contribution in [0, 0.1) is 13.8 Å². The zero-order valence-electron chi connectivity index (χ0n) is 11.8. The molecule has 5 nitrogen and oxygen atoms in total. The Bertz CT molecular complexity index is 589. The lowest BCUT2D eigenvalue weighted by molar-refractivity contribution is 0.253. The van der Waals surface area contributed by atoms with Crippen molar-refractivity contribution < 1.29 is 9.15 Å². The Morgan fingerprint density at radius 2 is 2.25 bits per heavy atom. The standard InChI is InChI=1S/C15H19N3O2/c1-10-5-3-7-13(11(10)2)19-9-14-17-18-15(20-14)12-6-4-8-16-12/h3,5,7,12,16H,4,6,8-9H2,1-2H3. The minimum Gasteiger partial charge on any atom is -0.484 e. The second-order valence-electron chi connectivity index (χ2n) is 5.17. The third-order valence-corrected chi connectivity index (χ3v) is 3.75. The lowest BCUT2D eigenvalue weighted by Crippen LogP contribution is -2.12. The number of nitrogens with one attached hydrogen (secondary N) is 1. The molecule has 0 saturated carbocycles. The molecule has 1 fully saturated rings. The molecule has 0 bridgehead atoms. The van der Waals surface area contributed by atoms with E-state index in [0.29, 0.717) is 18.4 Å². The van der Waals surface area contributed by atoms with Crippen LogP contribution < -0.4 is 10.1 Å². The van der Waals surface area contributed by atoms with E-state index >= 15 is 0 Å². The van der Waals surface area contributed by atoms with Crippen LogP contribution in [0.25, 0.3) is 0 Å². The summed E-state index contributed by atoms with van der Waals surface area (Å²) in [5.74, 6) is 2.06. The van der Waals surface area contributed by atoms with Gasteiger partial charge in [-0.05, 0) is 50.4 Å². The van der Waals surface area contributed by atoms with Gasteiger partial charge >= 0.3 is 0 Å². The first-order chi connectivity index (χ1) is 9.74. The highest BCUT2D eigenvalue weighted by molar-refractivity contribution is 5.38. The number of hydrogen-bond acceptors (Lipinski definition) is 5. The molecule has 20 heavy (non-hydrogen) atoms. The van der Waals surface area contributed by atoms with Crippen molar-refractivity contribution in [2.75, 3.05) is 6.54 Å². The fraction of sp³-hybridized carbons (Fsp3) is 0.467. The van der Waals surface area contributed by atoms with E-state index in [9.17, 15) is 0 Å². The number of aryl methyl sites for hydroxylation is 1. The summed E-state index contributed by atoms with van der Waals surface area (Å²) in [6, 6.07) is 6.22. The van der Waals surface area contributed by atoms with Crippen LogP contribution in [-0.4, -0.2) is 16.7 Å². The van der Waals surface area contributed by atoms with Crippen LogP contribution in [-0.2, 0) is 6.61 Å². The molecule has 0 radical (unpaired) electrons. The van der Waals surface area contributed by atoms with Gasteiger partial charge in [-0.1, -0.05) is 12.1 Å². The largest absolute Gasteiger partial charge is 0.484 e. The molecule has 3 rings (SSSR count). The molecule has 1 N–H and O–H groups in total. The molecule has 1 atom stereocenters. The quantitative estimate of drug-likeness (QED) is 0.928. The molecular formula is C15H19N3O2. The molecule has 0 amide bonds. The van der Waals surface area contributed by atoms with Gasteiger partial charge in [-0.3, -0.25) is 0 Å². The van der Waals surface area contributed by atoms with Crippen LogP contribution in [0.4, 0.5) is 0 Å². The Balaban J connectivity index is 1.65. The van der Waals surface area contributed by atoms with E-state index < -0.39 is 0 Å². The molecule has 0 aliphatic carbocycles. The molecule has 106 valence electrons. The Morgan fingerprint density at radius 3 is 3.05 bits per heavy atom. The predicted octanol–water partition coefficient (Wildman–Crippen LogP) is 2.69. The summed E-state index contributed by atoms with van der Waals surface area (Å²) in [6.07, 6.45) is 2.21. The minimum atomic E-state index is 0.206. The molecule has 1 aromatic heterocycles. The van der Waals surface area contributed by atoms with E-state index in [1.807, 2.05) is 19.1 Å². The van der Waals surface area contributed by atoms with Crippen LogP contribution in [0.5, 0.6) is 5.75 Å². The fourth-order valence-electron chi connectivity index (χ4n) is 2.38. The van der Waals surface area contributed by atoms with Crippen LogP contribution in [0.15, 0.2) is 22.6 Å². The third kappa shape index (κ3) is 2.67. The maximum absolute atomic E-state index is 5.76. The van der Waals surface area contributed by atoms with E-state index in [4.69, 9.17) is 9.15 Å². The lowest BCUT2D eigenvalue weighted by Gasteiger charge is -2.08. The maximum Gasteiger partial charge on any atom is 0.253 e. The maximum atomic E-state index is 5.76. The molecular weight excluding hydrogens is 254 g/mol. The van der Waals surface area contributed by atoms with Crippen molar-refractivity contribution in [1.82, 2.24) is 15.5 Å².